The van der Waals surface area contributed by atoms with Crippen molar-refractivity contribution in [1.82, 2.24) is 4.90 Å². The minimum atomic E-state index is -4.97. The van der Waals surface area contributed by atoms with E-state index in [1.54, 1.807) is 12.1 Å². The van der Waals surface area contributed by atoms with E-state index in [9.17, 15) is 23.1 Å². The number of benzene rings is 2. The van der Waals surface area contributed by atoms with E-state index in [1.165, 1.54) is 30.0 Å². The molecule has 0 atom stereocenters. The van der Waals surface area contributed by atoms with Gasteiger partial charge in [-0.25, -0.2) is 4.39 Å². The Morgan fingerprint density at radius 1 is 1.05 bits per heavy atom. The normalized spacial score (nSPS) is 29.9. The summed E-state index contributed by atoms with van der Waals surface area (Å²) < 4.78 is 65.4. The molecule has 6 nitrogen and oxygen atoms in total. The molecule has 5 fully saturated rings. The Morgan fingerprint density at radius 2 is 1.71 bits per heavy atom. The number of morpholine rings is 1. The van der Waals surface area contributed by atoms with Crippen molar-refractivity contribution < 1.29 is 36.9 Å². The van der Waals surface area contributed by atoms with Crippen LogP contribution in [0, 0.1) is 23.6 Å². The molecule has 11 heteroatoms. The van der Waals surface area contributed by atoms with Gasteiger partial charge in [-0.3, -0.25) is 4.79 Å². The van der Waals surface area contributed by atoms with E-state index in [2.05, 4.69) is 9.73 Å². The average Bonchev–Trinajstić information content (AvgIpc) is 3.29. The van der Waals surface area contributed by atoms with Crippen molar-refractivity contribution in [3.8, 4) is 22.6 Å². The molecule has 2 aliphatic heterocycles. The zero-order chi connectivity index (χ0) is 29.2. The van der Waals surface area contributed by atoms with Crippen molar-refractivity contribution in [3.63, 3.8) is 0 Å². The maximum atomic E-state index is 15.4. The fourth-order valence-electron chi connectivity index (χ4n) is 8.12. The number of ether oxygens (including phenoxy) is 2. The number of aromatic hydroxyl groups is 1. The van der Waals surface area contributed by atoms with Crippen LogP contribution in [0.4, 0.5) is 17.6 Å². The highest BCUT2D eigenvalue weighted by atomic mass is 32.2. The number of halogens is 4. The lowest BCUT2D eigenvalue weighted by Gasteiger charge is -2.57. The molecule has 1 amide bonds. The molecular formula is C31H30F4N2O4S. The van der Waals surface area contributed by atoms with Crippen LogP contribution in [0.2, 0.25) is 0 Å². The molecule has 4 aliphatic carbocycles. The van der Waals surface area contributed by atoms with Crippen LogP contribution in [0.5, 0.6) is 11.5 Å². The number of rotatable bonds is 4. The second kappa shape index (κ2) is 10.3. The Morgan fingerprint density at radius 3 is 2.36 bits per heavy atom. The number of aliphatic imine (C=N–C) groups is 1. The summed E-state index contributed by atoms with van der Waals surface area (Å²) in [5.74, 6) is -0.643. The maximum Gasteiger partial charge on any atom is 0.573 e. The molecule has 2 aromatic rings. The van der Waals surface area contributed by atoms with Gasteiger partial charge in [0.25, 0.3) is 5.91 Å². The van der Waals surface area contributed by atoms with Gasteiger partial charge in [0.2, 0.25) is 0 Å². The summed E-state index contributed by atoms with van der Waals surface area (Å²) in [4.78, 5) is 19.1. The van der Waals surface area contributed by atoms with Crippen LogP contribution in [0.15, 0.2) is 40.2 Å². The standard InChI is InChI=1S/C31H30F4N2O4S/c32-24-13-21(12-23(27(24)38)30-14-18-7-19(15-30)9-20(8-18)16-30)22-10-17(1-2-25(22)41-31(33,34)35)11-26-28(39)36-29(42-26)37-3-5-40-6-4-37/h1-2,10-13,18-20,38H,3-9,14-16H2/b26-11+. The zero-order valence-corrected chi connectivity index (χ0v) is 23.6. The molecule has 0 spiro atoms. The van der Waals surface area contributed by atoms with Gasteiger partial charge in [0.1, 0.15) is 5.75 Å². The Bertz CT molecular complexity index is 1460. The quantitative estimate of drug-likeness (QED) is 0.304. The van der Waals surface area contributed by atoms with Crippen LogP contribution in [-0.4, -0.2) is 53.7 Å². The fourth-order valence-corrected chi connectivity index (χ4v) is 9.08. The predicted molar refractivity (Wildman–Crippen MR) is 150 cm³/mol. The number of amidine groups is 1. The summed E-state index contributed by atoms with van der Waals surface area (Å²) in [6.07, 6.45) is 2.59. The molecule has 0 unspecified atom stereocenters. The van der Waals surface area contributed by atoms with Crippen molar-refractivity contribution in [2.45, 2.75) is 50.3 Å². The third kappa shape index (κ3) is 5.19. The van der Waals surface area contributed by atoms with Gasteiger partial charge >= 0.3 is 6.36 Å². The number of carbonyl (C=O) groups excluding carboxylic acids is 1. The van der Waals surface area contributed by atoms with Crippen LogP contribution in [0.25, 0.3) is 17.2 Å². The summed E-state index contributed by atoms with van der Waals surface area (Å²) >= 11 is 1.20. The summed E-state index contributed by atoms with van der Waals surface area (Å²) in [6.45, 7) is 2.29. The first-order valence-corrected chi connectivity index (χ1v) is 15.2. The van der Waals surface area contributed by atoms with E-state index in [1.807, 2.05) is 4.90 Å². The number of amides is 1. The second-order valence-corrected chi connectivity index (χ2v) is 13.3. The number of nitrogens with zero attached hydrogens (tertiary/aromatic N) is 2. The third-order valence-corrected chi connectivity index (χ3v) is 10.4. The van der Waals surface area contributed by atoms with E-state index in [0.717, 1.165) is 44.6 Å². The first-order valence-electron chi connectivity index (χ1n) is 14.3. The van der Waals surface area contributed by atoms with Crippen molar-refractivity contribution in [1.29, 1.82) is 0 Å². The van der Waals surface area contributed by atoms with E-state index in [0.29, 0.717) is 65.3 Å². The van der Waals surface area contributed by atoms with E-state index < -0.39 is 29.6 Å². The minimum absolute atomic E-state index is 0.0244. The van der Waals surface area contributed by atoms with Gasteiger partial charge in [0.05, 0.1) is 18.1 Å². The SMILES string of the molecule is O=C1N=C(N2CCOCC2)S/C1=C/c1ccc(OC(F)(F)F)c(-c2cc(F)c(O)c(C34CC5CC(CC(C5)C3)C4)c2)c1. The molecule has 4 bridgehead atoms. The second-order valence-electron chi connectivity index (χ2n) is 12.3. The van der Waals surface area contributed by atoms with Crippen molar-refractivity contribution >= 4 is 28.9 Å². The summed E-state index contributed by atoms with van der Waals surface area (Å²) in [7, 11) is 0. The summed E-state index contributed by atoms with van der Waals surface area (Å²) in [5, 5.41) is 11.5. The molecule has 1 N–H and O–H groups in total. The molecule has 0 aromatic heterocycles. The highest BCUT2D eigenvalue weighted by Crippen LogP contribution is 2.62. The smallest absolute Gasteiger partial charge is 0.505 e. The van der Waals surface area contributed by atoms with Crippen LogP contribution in [-0.2, 0) is 14.9 Å². The molecule has 8 rings (SSSR count). The molecule has 2 heterocycles. The van der Waals surface area contributed by atoms with Crippen LogP contribution < -0.4 is 4.74 Å². The lowest BCUT2D eigenvalue weighted by Crippen LogP contribution is -2.48. The maximum absolute atomic E-state index is 15.4. The monoisotopic (exact) mass is 602 g/mol. The van der Waals surface area contributed by atoms with Gasteiger partial charge in [-0.15, -0.1) is 13.2 Å². The lowest BCUT2D eigenvalue weighted by molar-refractivity contribution is -0.274. The first kappa shape index (κ1) is 27.8. The van der Waals surface area contributed by atoms with Crippen LogP contribution in [0.1, 0.15) is 49.7 Å². The van der Waals surface area contributed by atoms with Gasteiger partial charge in [-0.2, -0.15) is 4.99 Å². The molecule has 6 aliphatic rings. The van der Waals surface area contributed by atoms with E-state index in [-0.39, 0.29) is 16.5 Å². The van der Waals surface area contributed by atoms with E-state index in [4.69, 9.17) is 4.74 Å². The lowest BCUT2D eigenvalue weighted by atomic mass is 9.48. The highest BCUT2D eigenvalue weighted by molar-refractivity contribution is 8.18. The van der Waals surface area contributed by atoms with Gasteiger partial charge < -0.3 is 19.5 Å². The van der Waals surface area contributed by atoms with Crippen molar-refractivity contribution in [3.05, 3.63) is 52.2 Å². The number of phenolic OH excluding ortho intramolecular Hbond substituents is 1. The predicted octanol–water partition coefficient (Wildman–Crippen LogP) is 6.87. The summed E-state index contributed by atoms with van der Waals surface area (Å²) in [5.41, 5.74) is 0.741. The van der Waals surface area contributed by atoms with Crippen molar-refractivity contribution in [2.75, 3.05) is 26.3 Å². The van der Waals surface area contributed by atoms with Gasteiger partial charge in [-0.05, 0) is 115 Å². The highest BCUT2D eigenvalue weighted by Gasteiger charge is 2.52. The molecule has 42 heavy (non-hydrogen) atoms. The number of hydrogen-bond donors (Lipinski definition) is 1. The number of thioether (sulfide) groups is 1. The largest absolute Gasteiger partial charge is 0.573 e. The topological polar surface area (TPSA) is 71.4 Å². The number of carbonyl (C=O) groups is 1. The Balaban J connectivity index is 1.27. The molecule has 0 radical (unpaired) electrons. The summed E-state index contributed by atoms with van der Waals surface area (Å²) in [6, 6.07) is 6.77. The third-order valence-electron chi connectivity index (χ3n) is 9.40. The number of hydrogen-bond acceptors (Lipinski definition) is 6. The van der Waals surface area contributed by atoms with Crippen LogP contribution >= 0.6 is 11.8 Å². The Labute approximate surface area is 244 Å². The van der Waals surface area contributed by atoms with Crippen molar-refractivity contribution in [2.24, 2.45) is 22.7 Å². The van der Waals surface area contributed by atoms with Gasteiger partial charge in [-0.1, -0.05) is 6.07 Å². The molecule has 2 aromatic carbocycles. The Kier molecular flexibility index (Phi) is 6.80. The molecule has 1 saturated heterocycles. The fraction of sp³-hybridized carbons (Fsp3) is 0.484. The first-order chi connectivity index (χ1) is 20.0. The van der Waals surface area contributed by atoms with E-state index >= 15 is 4.39 Å². The number of alkyl halides is 3. The Hall–Kier alpha value is -3.05. The molecule has 222 valence electrons. The van der Waals surface area contributed by atoms with Gasteiger partial charge in [0.15, 0.2) is 16.7 Å². The number of phenols is 1. The zero-order valence-electron chi connectivity index (χ0n) is 22.8. The molecule has 4 saturated carbocycles. The van der Waals surface area contributed by atoms with Crippen LogP contribution in [0.3, 0.4) is 0 Å². The minimum Gasteiger partial charge on any atom is -0.505 e. The van der Waals surface area contributed by atoms with Gasteiger partial charge in [0, 0.05) is 24.2 Å². The average molecular weight is 603 g/mol. The molecular weight excluding hydrogens is 572 g/mol.